The molecule has 0 heterocycles. The lowest BCUT2D eigenvalue weighted by Gasteiger charge is -2.17. The van der Waals surface area contributed by atoms with Gasteiger partial charge in [-0.2, -0.15) is 0 Å². The molecule has 1 N–H and O–H groups in total. The van der Waals surface area contributed by atoms with Crippen LogP contribution in [0.5, 0.6) is 0 Å². The summed E-state index contributed by atoms with van der Waals surface area (Å²) >= 11 is 0. The Labute approximate surface area is 163 Å². The van der Waals surface area contributed by atoms with Crippen LogP contribution in [0.2, 0.25) is 0 Å². The molecule has 1 atom stereocenters. The first-order valence-electron chi connectivity index (χ1n) is 10.2. The largest absolute Gasteiger partial charge is 0.466 e. The molecular formula is C20H37NO6. The van der Waals surface area contributed by atoms with Crippen molar-refractivity contribution < 1.29 is 28.6 Å². The van der Waals surface area contributed by atoms with Crippen LogP contribution < -0.4 is 5.32 Å². The molecule has 0 fully saturated rings. The van der Waals surface area contributed by atoms with E-state index in [4.69, 9.17) is 14.2 Å². The van der Waals surface area contributed by atoms with E-state index in [0.717, 1.165) is 25.7 Å². The number of nitrogens with one attached hydrogen (secondary N) is 1. The fourth-order valence-electron chi connectivity index (χ4n) is 2.59. The van der Waals surface area contributed by atoms with Gasteiger partial charge < -0.3 is 19.5 Å². The van der Waals surface area contributed by atoms with Crippen molar-refractivity contribution in [2.24, 2.45) is 0 Å². The first-order valence-corrected chi connectivity index (χ1v) is 10.2. The van der Waals surface area contributed by atoms with Gasteiger partial charge in [-0.15, -0.1) is 0 Å². The van der Waals surface area contributed by atoms with Crippen LogP contribution >= 0.6 is 0 Å². The van der Waals surface area contributed by atoms with E-state index in [-0.39, 0.29) is 17.7 Å². The van der Waals surface area contributed by atoms with E-state index in [2.05, 4.69) is 5.32 Å². The number of unbranched alkanes of at least 4 members (excludes halogenated alkanes) is 3. The number of esters is 2. The molecule has 0 amide bonds. The minimum Gasteiger partial charge on any atom is -0.466 e. The third kappa shape index (κ3) is 15.3. The summed E-state index contributed by atoms with van der Waals surface area (Å²) in [5.74, 6) is -0.305. The standard InChI is InChI=1S/C20H37NO6/c1-4-25-16-14-17(22)13-15-21-18(20(24)27-6-3)11-9-7-8-10-12-19(23)26-5-2/h18,21H,4-16H2,1-3H3. The minimum absolute atomic E-state index is 0.123. The fraction of sp³-hybridized carbons (Fsp3) is 0.850. The van der Waals surface area contributed by atoms with Crippen molar-refractivity contribution in [3.63, 3.8) is 0 Å². The van der Waals surface area contributed by atoms with Crippen LogP contribution in [0.15, 0.2) is 0 Å². The first kappa shape index (κ1) is 25.5. The van der Waals surface area contributed by atoms with Gasteiger partial charge in [-0.05, 0) is 33.6 Å². The Bertz CT molecular complexity index is 413. The highest BCUT2D eigenvalue weighted by atomic mass is 16.5. The quantitative estimate of drug-likeness (QED) is 0.286. The fourth-order valence-corrected chi connectivity index (χ4v) is 2.59. The second-order valence-electron chi connectivity index (χ2n) is 6.25. The Kier molecular flexibility index (Phi) is 16.9. The summed E-state index contributed by atoms with van der Waals surface area (Å²) in [7, 11) is 0. The molecular weight excluding hydrogens is 350 g/mol. The maximum Gasteiger partial charge on any atom is 0.323 e. The average molecular weight is 388 g/mol. The van der Waals surface area contributed by atoms with Crippen molar-refractivity contribution in [3.8, 4) is 0 Å². The number of carbonyl (C=O) groups excluding carboxylic acids is 3. The summed E-state index contributed by atoms with van der Waals surface area (Å²) in [5, 5.41) is 3.14. The zero-order valence-electron chi connectivity index (χ0n) is 17.2. The van der Waals surface area contributed by atoms with E-state index >= 15 is 0 Å². The average Bonchev–Trinajstić information content (AvgIpc) is 2.63. The summed E-state index contributed by atoms with van der Waals surface area (Å²) in [4.78, 5) is 35.1. The van der Waals surface area contributed by atoms with E-state index in [0.29, 0.717) is 58.7 Å². The molecule has 27 heavy (non-hydrogen) atoms. The van der Waals surface area contributed by atoms with E-state index in [1.54, 1.807) is 13.8 Å². The molecule has 7 nitrogen and oxygen atoms in total. The van der Waals surface area contributed by atoms with Crippen molar-refractivity contribution in [1.29, 1.82) is 0 Å². The van der Waals surface area contributed by atoms with Gasteiger partial charge in [-0.25, -0.2) is 0 Å². The van der Waals surface area contributed by atoms with Crippen molar-refractivity contribution in [1.82, 2.24) is 5.32 Å². The van der Waals surface area contributed by atoms with Gasteiger partial charge in [-0.1, -0.05) is 19.3 Å². The normalized spacial score (nSPS) is 11.8. The molecule has 0 aliphatic carbocycles. The zero-order valence-corrected chi connectivity index (χ0v) is 17.2. The molecule has 7 heteroatoms. The van der Waals surface area contributed by atoms with Crippen LogP contribution in [0.1, 0.15) is 72.1 Å². The topological polar surface area (TPSA) is 90.9 Å². The zero-order chi connectivity index (χ0) is 20.3. The van der Waals surface area contributed by atoms with E-state index in [1.807, 2.05) is 6.92 Å². The summed E-state index contributed by atoms with van der Waals surface area (Å²) in [5.41, 5.74) is 0. The number of hydrogen-bond donors (Lipinski definition) is 1. The van der Waals surface area contributed by atoms with Gasteiger partial charge in [-0.3, -0.25) is 14.4 Å². The number of rotatable bonds is 18. The highest BCUT2D eigenvalue weighted by molar-refractivity contribution is 5.79. The Morgan fingerprint density at radius 3 is 2.19 bits per heavy atom. The number of ether oxygens (including phenoxy) is 3. The van der Waals surface area contributed by atoms with Crippen LogP contribution in [-0.4, -0.2) is 56.7 Å². The Hall–Kier alpha value is -1.47. The first-order chi connectivity index (χ1) is 13.0. The van der Waals surface area contributed by atoms with E-state index in [1.165, 1.54) is 0 Å². The Morgan fingerprint density at radius 1 is 0.815 bits per heavy atom. The van der Waals surface area contributed by atoms with Gasteiger partial charge in [0.2, 0.25) is 0 Å². The van der Waals surface area contributed by atoms with Crippen LogP contribution in [0.25, 0.3) is 0 Å². The minimum atomic E-state index is -0.394. The van der Waals surface area contributed by atoms with E-state index in [9.17, 15) is 14.4 Å². The molecule has 0 aliphatic rings. The molecule has 0 saturated carbocycles. The number of Topliss-reactive ketones (excluding diaryl/α,β-unsaturated/α-hetero) is 1. The predicted octanol–water partition coefficient (Wildman–Crippen LogP) is 2.80. The van der Waals surface area contributed by atoms with Gasteiger partial charge in [0.25, 0.3) is 0 Å². The van der Waals surface area contributed by atoms with Gasteiger partial charge in [0.1, 0.15) is 11.8 Å². The highest BCUT2D eigenvalue weighted by Gasteiger charge is 2.19. The van der Waals surface area contributed by atoms with Gasteiger partial charge in [0.15, 0.2) is 0 Å². The highest BCUT2D eigenvalue weighted by Crippen LogP contribution is 2.09. The summed E-state index contributed by atoms with van der Waals surface area (Å²) in [6, 6.07) is -0.394. The SMILES string of the molecule is CCOCCC(=O)CCNC(CCCCCCC(=O)OCC)C(=O)OCC. The van der Waals surface area contributed by atoms with Gasteiger partial charge >= 0.3 is 11.9 Å². The van der Waals surface area contributed by atoms with Crippen molar-refractivity contribution >= 4 is 17.7 Å². The van der Waals surface area contributed by atoms with Gasteiger partial charge in [0, 0.05) is 32.4 Å². The molecule has 1 unspecified atom stereocenters. The number of carbonyl (C=O) groups is 3. The molecule has 158 valence electrons. The van der Waals surface area contributed by atoms with E-state index < -0.39 is 6.04 Å². The molecule has 0 rings (SSSR count). The number of hydrogen-bond acceptors (Lipinski definition) is 7. The molecule has 0 bridgehead atoms. The Balaban J connectivity index is 4.02. The van der Waals surface area contributed by atoms with Crippen LogP contribution in [-0.2, 0) is 28.6 Å². The molecule has 0 aromatic heterocycles. The molecule has 0 aromatic rings. The summed E-state index contributed by atoms with van der Waals surface area (Å²) in [6.45, 7) is 7.74. The second kappa shape index (κ2) is 17.9. The van der Waals surface area contributed by atoms with Crippen LogP contribution in [0, 0.1) is 0 Å². The lowest BCUT2D eigenvalue weighted by Crippen LogP contribution is -2.39. The maximum atomic E-state index is 12.1. The third-order valence-corrected chi connectivity index (χ3v) is 4.02. The van der Waals surface area contributed by atoms with Crippen molar-refractivity contribution in [3.05, 3.63) is 0 Å². The van der Waals surface area contributed by atoms with Crippen molar-refractivity contribution in [2.75, 3.05) is 33.0 Å². The van der Waals surface area contributed by atoms with Crippen LogP contribution in [0.3, 0.4) is 0 Å². The molecule has 0 spiro atoms. The second-order valence-corrected chi connectivity index (χ2v) is 6.25. The number of ketones is 1. The lowest BCUT2D eigenvalue weighted by molar-refractivity contribution is -0.146. The monoisotopic (exact) mass is 387 g/mol. The summed E-state index contributed by atoms with van der Waals surface area (Å²) in [6.07, 6.45) is 5.39. The summed E-state index contributed by atoms with van der Waals surface area (Å²) < 4.78 is 15.2. The smallest absolute Gasteiger partial charge is 0.323 e. The molecule has 0 aromatic carbocycles. The maximum absolute atomic E-state index is 12.1. The molecule has 0 saturated heterocycles. The molecule has 0 radical (unpaired) electrons. The molecule has 0 aliphatic heterocycles. The lowest BCUT2D eigenvalue weighted by atomic mass is 10.1. The van der Waals surface area contributed by atoms with Crippen LogP contribution in [0.4, 0.5) is 0 Å². The predicted molar refractivity (Wildman–Crippen MR) is 103 cm³/mol. The third-order valence-electron chi connectivity index (χ3n) is 4.02. The Morgan fingerprint density at radius 2 is 1.52 bits per heavy atom. The van der Waals surface area contributed by atoms with Gasteiger partial charge in [0.05, 0.1) is 19.8 Å². The van der Waals surface area contributed by atoms with Crippen molar-refractivity contribution in [2.45, 2.75) is 78.2 Å².